The minimum Gasteiger partial charge on any atom is -0.348 e. The van der Waals surface area contributed by atoms with Crippen molar-refractivity contribution in [3.63, 3.8) is 0 Å². The van der Waals surface area contributed by atoms with E-state index in [1.165, 1.54) is 12.1 Å². The van der Waals surface area contributed by atoms with Crippen LogP contribution in [-0.4, -0.2) is 20.4 Å². The molecule has 0 fully saturated rings. The molecule has 1 aromatic rings. The second-order valence-electron chi connectivity index (χ2n) is 4.74. The van der Waals surface area contributed by atoms with Gasteiger partial charge in [0.2, 0.25) is 15.9 Å². The molecule has 8 heteroatoms. The Hall–Kier alpha value is -1.15. The van der Waals surface area contributed by atoms with Gasteiger partial charge in [0.1, 0.15) is 0 Å². The van der Waals surface area contributed by atoms with Gasteiger partial charge in [0.05, 0.1) is 17.0 Å². The van der Waals surface area contributed by atoms with Crippen molar-refractivity contribution >= 4 is 28.3 Å². The first-order chi connectivity index (χ1) is 9.25. The van der Waals surface area contributed by atoms with Gasteiger partial charge in [-0.3, -0.25) is 4.79 Å². The molecule has 120 valence electrons. The van der Waals surface area contributed by atoms with E-state index >= 15 is 0 Å². The smallest absolute Gasteiger partial charge is 0.238 e. The SMILES string of the molecule is CCCC(N)C(=O)NC(C)c1ccc(S(N)(=O)=O)cc1.Cl. The first-order valence-electron chi connectivity index (χ1n) is 6.44. The van der Waals surface area contributed by atoms with Crippen molar-refractivity contribution in [2.24, 2.45) is 10.9 Å². The van der Waals surface area contributed by atoms with Gasteiger partial charge in [-0.2, -0.15) is 0 Å². The van der Waals surface area contributed by atoms with E-state index in [2.05, 4.69) is 5.32 Å². The molecule has 2 unspecified atom stereocenters. The Morgan fingerprint density at radius 3 is 2.24 bits per heavy atom. The number of hydrogen-bond acceptors (Lipinski definition) is 4. The summed E-state index contributed by atoms with van der Waals surface area (Å²) in [6.07, 6.45) is 1.47. The third kappa shape index (κ3) is 6.01. The van der Waals surface area contributed by atoms with Crippen LogP contribution in [0.1, 0.15) is 38.3 Å². The first-order valence-corrected chi connectivity index (χ1v) is 7.99. The molecule has 0 saturated carbocycles. The largest absolute Gasteiger partial charge is 0.348 e. The van der Waals surface area contributed by atoms with Gasteiger partial charge in [-0.1, -0.05) is 25.5 Å². The van der Waals surface area contributed by atoms with Gasteiger partial charge in [0.15, 0.2) is 0 Å². The van der Waals surface area contributed by atoms with Crippen LogP contribution in [0.4, 0.5) is 0 Å². The van der Waals surface area contributed by atoms with Crippen LogP contribution in [0.5, 0.6) is 0 Å². The van der Waals surface area contributed by atoms with Crippen molar-refractivity contribution in [2.75, 3.05) is 0 Å². The van der Waals surface area contributed by atoms with Crippen LogP contribution in [0, 0.1) is 0 Å². The summed E-state index contributed by atoms with van der Waals surface area (Å²) < 4.78 is 22.3. The fourth-order valence-electron chi connectivity index (χ4n) is 1.79. The van der Waals surface area contributed by atoms with Gasteiger partial charge >= 0.3 is 0 Å². The number of amides is 1. The van der Waals surface area contributed by atoms with E-state index in [-0.39, 0.29) is 29.3 Å². The van der Waals surface area contributed by atoms with Gasteiger partial charge in [0.25, 0.3) is 0 Å². The maximum atomic E-state index is 11.8. The molecular weight excluding hydrogens is 314 g/mol. The summed E-state index contributed by atoms with van der Waals surface area (Å²) in [5.74, 6) is -0.213. The summed E-state index contributed by atoms with van der Waals surface area (Å²) in [6.45, 7) is 3.77. The summed E-state index contributed by atoms with van der Waals surface area (Å²) in [4.78, 5) is 11.8. The maximum absolute atomic E-state index is 11.8. The Morgan fingerprint density at radius 1 is 1.29 bits per heavy atom. The number of hydrogen-bond donors (Lipinski definition) is 3. The van der Waals surface area contributed by atoms with E-state index in [9.17, 15) is 13.2 Å². The van der Waals surface area contributed by atoms with Crippen LogP contribution in [0.2, 0.25) is 0 Å². The second-order valence-corrected chi connectivity index (χ2v) is 6.30. The molecule has 0 aliphatic carbocycles. The van der Waals surface area contributed by atoms with Crippen LogP contribution in [0.25, 0.3) is 0 Å². The molecule has 0 aromatic heterocycles. The Balaban J connectivity index is 0.00000400. The van der Waals surface area contributed by atoms with E-state index in [1.54, 1.807) is 12.1 Å². The minimum atomic E-state index is -3.70. The zero-order chi connectivity index (χ0) is 15.3. The van der Waals surface area contributed by atoms with E-state index in [0.29, 0.717) is 6.42 Å². The van der Waals surface area contributed by atoms with Crippen molar-refractivity contribution in [1.82, 2.24) is 5.32 Å². The zero-order valence-electron chi connectivity index (χ0n) is 12.1. The summed E-state index contributed by atoms with van der Waals surface area (Å²) in [5.41, 5.74) is 6.51. The summed E-state index contributed by atoms with van der Waals surface area (Å²) in [6, 6.07) is 5.30. The van der Waals surface area contributed by atoms with Crippen molar-refractivity contribution in [2.45, 2.75) is 43.7 Å². The number of nitrogens with one attached hydrogen (secondary N) is 1. The predicted octanol–water partition coefficient (Wildman–Crippen LogP) is 1.06. The van der Waals surface area contributed by atoms with Crippen LogP contribution < -0.4 is 16.2 Å². The molecule has 0 spiro atoms. The maximum Gasteiger partial charge on any atom is 0.238 e. The number of sulfonamides is 1. The molecule has 1 amide bonds. The van der Waals surface area contributed by atoms with Crippen molar-refractivity contribution in [3.05, 3.63) is 29.8 Å². The fourth-order valence-corrected chi connectivity index (χ4v) is 2.31. The second kappa shape index (κ2) is 8.33. The molecule has 0 radical (unpaired) electrons. The zero-order valence-corrected chi connectivity index (χ0v) is 13.7. The summed E-state index contributed by atoms with van der Waals surface area (Å²) in [5, 5.41) is 7.82. The van der Waals surface area contributed by atoms with Crippen molar-refractivity contribution in [1.29, 1.82) is 0 Å². The molecular formula is C13H22ClN3O3S. The van der Waals surface area contributed by atoms with E-state index in [4.69, 9.17) is 10.9 Å². The Morgan fingerprint density at radius 2 is 1.81 bits per heavy atom. The molecule has 5 N–H and O–H groups in total. The lowest BCUT2D eigenvalue weighted by molar-refractivity contribution is -0.123. The molecule has 1 rings (SSSR count). The highest BCUT2D eigenvalue weighted by Crippen LogP contribution is 2.15. The average Bonchev–Trinajstić information content (AvgIpc) is 2.38. The Bertz CT molecular complexity index is 561. The van der Waals surface area contributed by atoms with Crippen LogP contribution >= 0.6 is 12.4 Å². The molecule has 21 heavy (non-hydrogen) atoms. The van der Waals surface area contributed by atoms with Gasteiger partial charge < -0.3 is 11.1 Å². The highest BCUT2D eigenvalue weighted by molar-refractivity contribution is 7.89. The van der Waals surface area contributed by atoms with Crippen molar-refractivity contribution in [3.8, 4) is 0 Å². The summed E-state index contributed by atoms with van der Waals surface area (Å²) >= 11 is 0. The minimum absolute atomic E-state index is 0. The molecule has 0 aliphatic rings. The molecule has 2 atom stereocenters. The molecule has 0 bridgehead atoms. The highest BCUT2D eigenvalue weighted by atomic mass is 35.5. The number of carbonyl (C=O) groups excluding carboxylic acids is 1. The molecule has 0 heterocycles. The van der Waals surface area contributed by atoms with Crippen molar-refractivity contribution < 1.29 is 13.2 Å². The van der Waals surface area contributed by atoms with E-state index in [1.807, 2.05) is 13.8 Å². The Kier molecular flexibility index (Phi) is 7.87. The van der Waals surface area contributed by atoms with Gasteiger partial charge in [-0.25, -0.2) is 13.6 Å². The predicted molar refractivity (Wildman–Crippen MR) is 84.5 cm³/mol. The van der Waals surface area contributed by atoms with Crippen LogP contribution in [0.15, 0.2) is 29.2 Å². The third-order valence-electron chi connectivity index (χ3n) is 3.00. The van der Waals surface area contributed by atoms with Crippen LogP contribution in [0.3, 0.4) is 0 Å². The quantitative estimate of drug-likeness (QED) is 0.720. The lowest BCUT2D eigenvalue weighted by Crippen LogP contribution is -2.41. The molecule has 6 nitrogen and oxygen atoms in total. The van der Waals surface area contributed by atoms with Gasteiger partial charge in [-0.05, 0) is 31.0 Å². The topological polar surface area (TPSA) is 115 Å². The lowest BCUT2D eigenvalue weighted by Gasteiger charge is -2.17. The molecule has 0 aliphatic heterocycles. The molecule has 0 saturated heterocycles. The number of rotatable bonds is 6. The number of halogens is 1. The Labute approximate surface area is 131 Å². The molecule has 1 aromatic carbocycles. The number of carbonyl (C=O) groups is 1. The van der Waals surface area contributed by atoms with Gasteiger partial charge in [0, 0.05) is 0 Å². The normalized spacial score (nSPS) is 13.9. The third-order valence-corrected chi connectivity index (χ3v) is 3.93. The number of primary sulfonamides is 1. The highest BCUT2D eigenvalue weighted by Gasteiger charge is 2.16. The fraction of sp³-hybridized carbons (Fsp3) is 0.462. The van der Waals surface area contributed by atoms with E-state index in [0.717, 1.165) is 12.0 Å². The first kappa shape index (κ1) is 19.9. The standard InChI is InChI=1S/C13H21N3O3S.ClH/c1-3-4-12(14)13(17)16-9(2)10-5-7-11(8-6-10)20(15,18)19;/h5-9,12H,3-4,14H2,1-2H3,(H,16,17)(H2,15,18,19);1H. The monoisotopic (exact) mass is 335 g/mol. The summed E-state index contributed by atoms with van der Waals surface area (Å²) in [7, 11) is -3.70. The van der Waals surface area contributed by atoms with Gasteiger partial charge in [-0.15, -0.1) is 12.4 Å². The van der Waals surface area contributed by atoms with Crippen LogP contribution in [-0.2, 0) is 14.8 Å². The number of benzene rings is 1. The van der Waals surface area contributed by atoms with E-state index < -0.39 is 16.1 Å². The number of nitrogens with two attached hydrogens (primary N) is 2. The average molecular weight is 336 g/mol. The lowest BCUT2D eigenvalue weighted by atomic mass is 10.1.